The molecule has 2 aliphatic rings. The number of fused-ring (bicyclic) bond motifs is 1. The highest BCUT2D eigenvalue weighted by molar-refractivity contribution is 6.03. The Morgan fingerprint density at radius 3 is 2.71 bits per heavy atom. The van der Waals surface area contributed by atoms with Crippen molar-refractivity contribution in [1.82, 2.24) is 9.55 Å². The van der Waals surface area contributed by atoms with Gasteiger partial charge in [-0.15, -0.1) is 0 Å². The van der Waals surface area contributed by atoms with E-state index in [9.17, 15) is 9.59 Å². The fourth-order valence-corrected chi connectivity index (χ4v) is 3.40. The first-order chi connectivity index (χ1) is 13.3. The van der Waals surface area contributed by atoms with Crippen molar-refractivity contribution in [3.63, 3.8) is 0 Å². The van der Waals surface area contributed by atoms with Crippen molar-refractivity contribution in [2.24, 2.45) is 0 Å². The van der Waals surface area contributed by atoms with Crippen LogP contribution in [0.2, 0.25) is 0 Å². The number of ether oxygens (including phenoxy) is 3. The zero-order valence-electron chi connectivity index (χ0n) is 15.6. The molecular formula is C20H21N3O5. The van der Waals surface area contributed by atoms with Gasteiger partial charge in [0.15, 0.2) is 12.0 Å². The summed E-state index contributed by atoms with van der Waals surface area (Å²) in [5, 5.41) is 2.62. The number of carbonyl (C=O) groups is 1. The zero-order chi connectivity index (χ0) is 19.9. The summed E-state index contributed by atoms with van der Waals surface area (Å²) in [6, 6.07) is 10.2. The number of nitrogens with one attached hydrogen (secondary N) is 1. The highest BCUT2D eigenvalue weighted by Gasteiger charge is 2.48. The van der Waals surface area contributed by atoms with Gasteiger partial charge in [-0.3, -0.25) is 9.36 Å². The minimum absolute atomic E-state index is 0.163. The maximum Gasteiger partial charge on any atom is 0.351 e. The quantitative estimate of drug-likeness (QED) is 0.816. The van der Waals surface area contributed by atoms with Crippen LogP contribution in [0.25, 0.3) is 0 Å². The van der Waals surface area contributed by atoms with Crippen LogP contribution in [-0.4, -0.2) is 40.1 Å². The largest absolute Gasteiger partial charge is 0.351 e. The Morgan fingerprint density at radius 1 is 1.25 bits per heavy atom. The van der Waals surface area contributed by atoms with Crippen molar-refractivity contribution < 1.29 is 19.0 Å². The van der Waals surface area contributed by atoms with Crippen LogP contribution in [0.4, 0.5) is 5.82 Å². The van der Waals surface area contributed by atoms with E-state index in [1.54, 1.807) is 30.3 Å². The third-order valence-electron chi connectivity index (χ3n) is 4.64. The molecule has 8 heteroatoms. The third kappa shape index (κ3) is 3.49. The monoisotopic (exact) mass is 383 g/mol. The molecule has 3 heterocycles. The van der Waals surface area contributed by atoms with Crippen LogP contribution in [0.3, 0.4) is 0 Å². The highest BCUT2D eigenvalue weighted by atomic mass is 16.8. The van der Waals surface area contributed by atoms with Crippen molar-refractivity contribution in [1.29, 1.82) is 0 Å². The fraction of sp³-hybridized carbons (Fsp3) is 0.350. The molecule has 4 rings (SSSR count). The zero-order valence-corrected chi connectivity index (χ0v) is 15.6. The van der Waals surface area contributed by atoms with E-state index in [1.807, 2.05) is 19.9 Å². The normalized spacial score (nSPS) is 25.9. The van der Waals surface area contributed by atoms with Gasteiger partial charge in [-0.2, -0.15) is 4.98 Å². The molecule has 2 aromatic rings. The molecule has 0 aliphatic carbocycles. The van der Waals surface area contributed by atoms with Crippen molar-refractivity contribution in [2.45, 2.75) is 38.1 Å². The molecule has 0 saturated carbocycles. The van der Waals surface area contributed by atoms with Crippen molar-refractivity contribution in [3.05, 3.63) is 70.8 Å². The lowest BCUT2D eigenvalue weighted by Crippen LogP contribution is -2.42. The SMILES string of the molecule is C=C1[C@@H]2OC(C)(C)O[C@@H]2CO[C@@H]1n1ccc(NC(=O)c2ccccc2)nc1=O. The summed E-state index contributed by atoms with van der Waals surface area (Å²) in [5.41, 5.74) is 0.505. The molecule has 2 fully saturated rings. The van der Waals surface area contributed by atoms with Crippen molar-refractivity contribution in [2.75, 3.05) is 11.9 Å². The van der Waals surface area contributed by atoms with Crippen molar-refractivity contribution in [3.8, 4) is 0 Å². The van der Waals surface area contributed by atoms with Crippen LogP contribution in [-0.2, 0) is 14.2 Å². The number of rotatable bonds is 3. The van der Waals surface area contributed by atoms with E-state index in [4.69, 9.17) is 14.2 Å². The molecule has 0 unspecified atom stereocenters. The Bertz CT molecular complexity index is 969. The summed E-state index contributed by atoms with van der Waals surface area (Å²) in [6.07, 6.45) is 0.190. The van der Waals surface area contributed by atoms with E-state index in [2.05, 4.69) is 16.9 Å². The van der Waals surface area contributed by atoms with Crippen molar-refractivity contribution >= 4 is 11.7 Å². The van der Waals surface area contributed by atoms with Gasteiger partial charge in [0.25, 0.3) is 5.91 Å². The Morgan fingerprint density at radius 2 is 2.00 bits per heavy atom. The number of hydrogen-bond donors (Lipinski definition) is 1. The van der Waals surface area contributed by atoms with Crippen LogP contribution in [0.1, 0.15) is 30.4 Å². The lowest BCUT2D eigenvalue weighted by atomic mass is 10.0. The van der Waals surface area contributed by atoms with Gasteiger partial charge in [0.1, 0.15) is 18.0 Å². The van der Waals surface area contributed by atoms with E-state index in [0.717, 1.165) is 0 Å². The number of hydrogen-bond acceptors (Lipinski definition) is 6. The van der Waals surface area contributed by atoms with Gasteiger partial charge in [0.05, 0.1) is 6.61 Å². The minimum Gasteiger partial charge on any atom is -0.351 e. The molecular weight excluding hydrogens is 362 g/mol. The van der Waals surface area contributed by atoms with E-state index in [-0.39, 0.29) is 30.5 Å². The molecule has 1 aromatic heterocycles. The van der Waals surface area contributed by atoms with Gasteiger partial charge in [0.2, 0.25) is 0 Å². The first-order valence-corrected chi connectivity index (χ1v) is 8.95. The van der Waals surface area contributed by atoms with Crippen LogP contribution >= 0.6 is 0 Å². The van der Waals surface area contributed by atoms with E-state index in [1.165, 1.54) is 10.8 Å². The number of aromatic nitrogens is 2. The summed E-state index contributed by atoms with van der Waals surface area (Å²) in [4.78, 5) is 28.7. The molecule has 1 aromatic carbocycles. The summed E-state index contributed by atoms with van der Waals surface area (Å²) in [5.74, 6) is -0.910. The Labute approximate surface area is 161 Å². The molecule has 28 heavy (non-hydrogen) atoms. The number of amides is 1. The average Bonchev–Trinajstić information content (AvgIpc) is 2.99. The molecule has 2 saturated heterocycles. The molecule has 1 amide bonds. The second-order valence-corrected chi connectivity index (χ2v) is 7.18. The predicted octanol–water partition coefficient (Wildman–Crippen LogP) is 2.10. The summed E-state index contributed by atoms with van der Waals surface area (Å²) < 4.78 is 18.8. The van der Waals surface area contributed by atoms with Gasteiger partial charge in [-0.25, -0.2) is 4.79 Å². The fourth-order valence-electron chi connectivity index (χ4n) is 3.40. The molecule has 0 radical (unpaired) electrons. The number of anilines is 1. The topological polar surface area (TPSA) is 91.7 Å². The van der Waals surface area contributed by atoms with Gasteiger partial charge < -0.3 is 19.5 Å². The van der Waals surface area contributed by atoms with Crippen LogP contribution in [0, 0.1) is 0 Å². The molecule has 2 aliphatic heterocycles. The van der Waals surface area contributed by atoms with E-state index < -0.39 is 17.7 Å². The summed E-state index contributed by atoms with van der Waals surface area (Å²) in [6.45, 7) is 7.97. The number of nitrogens with zero attached hydrogens (tertiary/aromatic N) is 2. The molecule has 3 atom stereocenters. The molecule has 1 N–H and O–H groups in total. The molecule has 0 bridgehead atoms. The summed E-state index contributed by atoms with van der Waals surface area (Å²) >= 11 is 0. The molecule has 8 nitrogen and oxygen atoms in total. The maximum atomic E-state index is 12.5. The van der Waals surface area contributed by atoms with Gasteiger partial charge in [-0.05, 0) is 32.0 Å². The third-order valence-corrected chi connectivity index (χ3v) is 4.64. The van der Waals surface area contributed by atoms with Crippen LogP contribution in [0.15, 0.2) is 59.5 Å². The number of carbonyl (C=O) groups excluding carboxylic acids is 1. The standard InChI is InChI=1S/C20H21N3O5/c1-12-16-14(27-20(2,3)28-16)11-26-18(12)23-10-9-15(22-19(23)25)21-17(24)13-7-5-4-6-8-13/h4-10,14,16,18H,1,11H2,2-3H3,(H,21,22,24,25)/t14-,16+,18+/m1/s1. The van der Waals surface area contributed by atoms with E-state index >= 15 is 0 Å². The Hall–Kier alpha value is -2.81. The van der Waals surface area contributed by atoms with E-state index in [0.29, 0.717) is 11.1 Å². The number of benzene rings is 1. The first-order valence-electron chi connectivity index (χ1n) is 8.95. The summed E-state index contributed by atoms with van der Waals surface area (Å²) in [7, 11) is 0. The highest BCUT2D eigenvalue weighted by Crippen LogP contribution is 2.39. The van der Waals surface area contributed by atoms with Crippen LogP contribution in [0.5, 0.6) is 0 Å². The second kappa shape index (κ2) is 6.97. The predicted molar refractivity (Wildman–Crippen MR) is 101 cm³/mol. The van der Waals surface area contributed by atoms with Gasteiger partial charge in [0, 0.05) is 17.3 Å². The molecule has 0 spiro atoms. The van der Waals surface area contributed by atoms with Gasteiger partial charge in [-0.1, -0.05) is 24.8 Å². The Balaban J connectivity index is 1.51. The first kappa shape index (κ1) is 18.5. The average molecular weight is 383 g/mol. The van der Waals surface area contributed by atoms with Gasteiger partial charge >= 0.3 is 5.69 Å². The second-order valence-electron chi connectivity index (χ2n) is 7.18. The van der Waals surface area contributed by atoms with Crippen LogP contribution < -0.4 is 11.0 Å². The lowest BCUT2D eigenvalue weighted by molar-refractivity contribution is -0.146. The lowest BCUT2D eigenvalue weighted by Gasteiger charge is -2.32. The molecule has 146 valence electrons. The minimum atomic E-state index is -0.731. The maximum absolute atomic E-state index is 12.5. The smallest absolute Gasteiger partial charge is 0.351 e. The Kier molecular flexibility index (Phi) is 4.62.